The first-order valence-corrected chi connectivity index (χ1v) is 7.25. The van der Waals surface area contributed by atoms with Crippen molar-refractivity contribution in [3.05, 3.63) is 65.7 Å². The number of nitrogens with one attached hydrogen (secondary N) is 1. The molecule has 0 aliphatic carbocycles. The minimum Gasteiger partial charge on any atom is -0.385 e. The number of rotatable bonds is 7. The molecule has 2 aromatic carbocycles. The number of anilines is 1. The van der Waals surface area contributed by atoms with E-state index in [4.69, 9.17) is 0 Å². The summed E-state index contributed by atoms with van der Waals surface area (Å²) >= 11 is 0. The minimum atomic E-state index is 0.984. The first-order chi connectivity index (χ1) is 9.38. The molecule has 0 radical (unpaired) electrons. The van der Waals surface area contributed by atoms with E-state index in [2.05, 4.69) is 66.8 Å². The van der Waals surface area contributed by atoms with Crippen LogP contribution in [0, 0.1) is 0 Å². The topological polar surface area (TPSA) is 12.0 Å². The highest BCUT2D eigenvalue weighted by atomic mass is 14.9. The van der Waals surface area contributed by atoms with Crippen LogP contribution >= 0.6 is 0 Å². The summed E-state index contributed by atoms with van der Waals surface area (Å²) in [6.07, 6.45) is 4.80. The van der Waals surface area contributed by atoms with Crippen molar-refractivity contribution in [3.63, 3.8) is 0 Å². The zero-order valence-corrected chi connectivity index (χ0v) is 11.7. The van der Waals surface area contributed by atoms with E-state index in [1.807, 2.05) is 0 Å². The fourth-order valence-electron chi connectivity index (χ4n) is 2.17. The Balaban J connectivity index is 1.77. The second-order valence-electron chi connectivity index (χ2n) is 4.96. The second kappa shape index (κ2) is 7.63. The van der Waals surface area contributed by atoms with Gasteiger partial charge in [0.15, 0.2) is 0 Å². The normalized spacial score (nSPS) is 10.4. The van der Waals surface area contributed by atoms with E-state index in [1.54, 1.807) is 0 Å². The van der Waals surface area contributed by atoms with Gasteiger partial charge in [-0.1, -0.05) is 55.8 Å². The van der Waals surface area contributed by atoms with Crippen molar-refractivity contribution in [1.82, 2.24) is 0 Å². The lowest BCUT2D eigenvalue weighted by Gasteiger charge is -2.07. The van der Waals surface area contributed by atoms with Crippen LogP contribution in [0.15, 0.2) is 54.6 Å². The summed E-state index contributed by atoms with van der Waals surface area (Å²) in [7, 11) is 0. The zero-order valence-electron chi connectivity index (χ0n) is 11.7. The largest absolute Gasteiger partial charge is 0.385 e. The van der Waals surface area contributed by atoms with Gasteiger partial charge in [-0.25, -0.2) is 0 Å². The molecule has 0 spiro atoms. The van der Waals surface area contributed by atoms with Gasteiger partial charge >= 0.3 is 0 Å². The molecular weight excluding hydrogens is 230 g/mol. The first kappa shape index (κ1) is 13.7. The molecule has 1 N–H and O–H groups in total. The Morgan fingerprint density at radius 3 is 2.16 bits per heavy atom. The Morgan fingerprint density at radius 1 is 0.789 bits per heavy atom. The van der Waals surface area contributed by atoms with Crippen molar-refractivity contribution in [2.75, 3.05) is 11.9 Å². The molecule has 0 unspecified atom stereocenters. The molecule has 0 atom stereocenters. The van der Waals surface area contributed by atoms with Gasteiger partial charge in [0.2, 0.25) is 0 Å². The molecule has 0 saturated carbocycles. The van der Waals surface area contributed by atoms with Gasteiger partial charge in [0, 0.05) is 12.2 Å². The molecular formula is C18H23N. The van der Waals surface area contributed by atoms with E-state index in [1.165, 1.54) is 36.1 Å². The molecule has 0 aromatic heterocycles. The van der Waals surface area contributed by atoms with Crippen LogP contribution in [0.25, 0.3) is 0 Å². The molecule has 0 bridgehead atoms. The third-order valence-electron chi connectivity index (χ3n) is 3.36. The molecule has 0 aliphatic rings. The second-order valence-corrected chi connectivity index (χ2v) is 4.96. The Kier molecular flexibility index (Phi) is 5.49. The Hall–Kier alpha value is -1.76. The van der Waals surface area contributed by atoms with E-state index in [0.29, 0.717) is 0 Å². The highest BCUT2D eigenvalue weighted by Crippen LogP contribution is 2.12. The van der Waals surface area contributed by atoms with Crippen LogP contribution in [0.5, 0.6) is 0 Å². The lowest BCUT2D eigenvalue weighted by molar-refractivity contribution is 0.795. The van der Waals surface area contributed by atoms with Crippen LogP contribution in [0.4, 0.5) is 5.69 Å². The van der Waals surface area contributed by atoms with Crippen LogP contribution in [0.2, 0.25) is 0 Å². The summed E-state index contributed by atoms with van der Waals surface area (Å²) in [6.45, 7) is 3.22. The predicted molar refractivity (Wildman–Crippen MR) is 83.7 cm³/mol. The van der Waals surface area contributed by atoms with Crippen LogP contribution in [-0.4, -0.2) is 6.54 Å². The van der Waals surface area contributed by atoms with Gasteiger partial charge in [-0.3, -0.25) is 0 Å². The third kappa shape index (κ3) is 4.78. The average Bonchev–Trinajstić information content (AvgIpc) is 2.47. The highest BCUT2D eigenvalue weighted by molar-refractivity contribution is 5.44. The Bertz CT molecular complexity index is 459. The van der Waals surface area contributed by atoms with E-state index < -0.39 is 0 Å². The van der Waals surface area contributed by atoms with E-state index in [0.717, 1.165) is 13.0 Å². The highest BCUT2D eigenvalue weighted by Gasteiger charge is 1.95. The van der Waals surface area contributed by atoms with Crippen molar-refractivity contribution >= 4 is 5.69 Å². The number of aryl methyl sites for hydroxylation is 1. The van der Waals surface area contributed by atoms with Crippen molar-refractivity contribution < 1.29 is 0 Å². The molecule has 0 aliphatic heterocycles. The molecule has 1 nitrogen and oxygen atoms in total. The van der Waals surface area contributed by atoms with Crippen LogP contribution in [0.1, 0.15) is 30.9 Å². The van der Waals surface area contributed by atoms with Crippen molar-refractivity contribution in [3.8, 4) is 0 Å². The minimum absolute atomic E-state index is 0.984. The lowest BCUT2D eigenvalue weighted by atomic mass is 10.1. The van der Waals surface area contributed by atoms with Crippen LogP contribution < -0.4 is 5.32 Å². The van der Waals surface area contributed by atoms with Gasteiger partial charge in [0.05, 0.1) is 0 Å². The Labute approximate surface area is 116 Å². The summed E-state index contributed by atoms with van der Waals surface area (Å²) in [5, 5.41) is 3.48. The maximum Gasteiger partial charge on any atom is 0.0340 e. The van der Waals surface area contributed by atoms with Gasteiger partial charge in [-0.05, 0) is 42.5 Å². The molecule has 0 amide bonds. The molecule has 0 saturated heterocycles. The molecule has 19 heavy (non-hydrogen) atoms. The lowest BCUT2D eigenvalue weighted by Crippen LogP contribution is -2.04. The third-order valence-corrected chi connectivity index (χ3v) is 3.36. The standard InChI is InChI=1S/C18H23N/c1-2-3-7-17-10-12-18(13-11-17)19-15-14-16-8-5-4-6-9-16/h4-6,8-13,19H,2-3,7,14-15H2,1H3. The summed E-state index contributed by atoms with van der Waals surface area (Å²) in [5.41, 5.74) is 4.04. The molecule has 2 rings (SSSR count). The number of hydrogen-bond donors (Lipinski definition) is 1. The van der Waals surface area contributed by atoms with Crippen LogP contribution in [-0.2, 0) is 12.8 Å². The van der Waals surface area contributed by atoms with Gasteiger partial charge in [-0.2, -0.15) is 0 Å². The maximum atomic E-state index is 3.48. The molecule has 0 fully saturated rings. The number of hydrogen-bond acceptors (Lipinski definition) is 1. The van der Waals surface area contributed by atoms with E-state index in [-0.39, 0.29) is 0 Å². The van der Waals surface area contributed by atoms with Crippen LogP contribution in [0.3, 0.4) is 0 Å². The fraction of sp³-hybridized carbons (Fsp3) is 0.333. The average molecular weight is 253 g/mol. The van der Waals surface area contributed by atoms with E-state index in [9.17, 15) is 0 Å². The first-order valence-electron chi connectivity index (χ1n) is 7.25. The maximum absolute atomic E-state index is 3.48. The van der Waals surface area contributed by atoms with Gasteiger partial charge in [0.25, 0.3) is 0 Å². The van der Waals surface area contributed by atoms with Crippen molar-refractivity contribution in [2.45, 2.75) is 32.6 Å². The van der Waals surface area contributed by atoms with Crippen molar-refractivity contribution in [2.24, 2.45) is 0 Å². The summed E-state index contributed by atoms with van der Waals surface area (Å²) in [6, 6.07) is 19.5. The molecule has 100 valence electrons. The number of unbranched alkanes of at least 4 members (excludes halogenated alkanes) is 1. The SMILES string of the molecule is CCCCc1ccc(NCCc2ccccc2)cc1. The van der Waals surface area contributed by atoms with Gasteiger partial charge < -0.3 is 5.32 Å². The van der Waals surface area contributed by atoms with E-state index >= 15 is 0 Å². The quantitative estimate of drug-likeness (QED) is 0.755. The summed E-state index contributed by atoms with van der Waals surface area (Å²) in [5.74, 6) is 0. The molecule has 2 aromatic rings. The molecule has 0 heterocycles. The summed E-state index contributed by atoms with van der Waals surface area (Å²) < 4.78 is 0. The van der Waals surface area contributed by atoms with Gasteiger partial charge in [-0.15, -0.1) is 0 Å². The zero-order chi connectivity index (χ0) is 13.3. The molecule has 1 heteroatoms. The fourth-order valence-corrected chi connectivity index (χ4v) is 2.17. The van der Waals surface area contributed by atoms with Crippen molar-refractivity contribution in [1.29, 1.82) is 0 Å². The van der Waals surface area contributed by atoms with Gasteiger partial charge in [0.1, 0.15) is 0 Å². The Morgan fingerprint density at radius 2 is 1.47 bits per heavy atom. The summed E-state index contributed by atoms with van der Waals surface area (Å²) in [4.78, 5) is 0. The predicted octanol–water partition coefficient (Wildman–Crippen LogP) is 4.68. The monoisotopic (exact) mass is 253 g/mol. The smallest absolute Gasteiger partial charge is 0.0340 e. The number of benzene rings is 2.